The molecular weight excluding hydrogens is 176 g/mol. The van der Waals surface area contributed by atoms with Gasteiger partial charge in [-0.3, -0.25) is 0 Å². The molecule has 13 heavy (non-hydrogen) atoms. The molecule has 68 valence electrons. The van der Waals surface area contributed by atoms with Crippen LogP contribution in [-0.2, 0) is 0 Å². The van der Waals surface area contributed by atoms with Crippen LogP contribution >= 0.6 is 11.3 Å². The Morgan fingerprint density at radius 1 is 1.38 bits per heavy atom. The molecule has 0 atom stereocenters. The molecule has 1 rings (SSSR count). The van der Waals surface area contributed by atoms with Crippen LogP contribution in [0.4, 0.5) is 0 Å². The standard InChI is InChI=1S/C12H14S/c1-4-7-8-12-10(5-2)9-11(6-3)13-12/h4-9H,3H2,1-2H3/b7-4-,10-5-,12-8+. The van der Waals surface area contributed by atoms with Crippen LogP contribution in [0.1, 0.15) is 18.7 Å². The van der Waals surface area contributed by atoms with Crippen LogP contribution in [0.25, 0.3) is 18.2 Å². The van der Waals surface area contributed by atoms with Crippen LogP contribution in [0, 0.1) is 0 Å². The average Bonchev–Trinajstić information content (AvgIpc) is 2.57. The van der Waals surface area contributed by atoms with E-state index in [1.165, 1.54) is 14.6 Å². The Morgan fingerprint density at radius 2 is 2.15 bits per heavy atom. The molecule has 1 heteroatoms. The molecule has 0 N–H and O–H groups in total. The van der Waals surface area contributed by atoms with Gasteiger partial charge in [-0.15, -0.1) is 11.3 Å². The highest BCUT2D eigenvalue weighted by atomic mass is 32.1. The fourth-order valence-corrected chi connectivity index (χ4v) is 2.04. The predicted octanol–water partition coefficient (Wildman–Crippen LogP) is 2.55. The molecule has 0 aromatic carbocycles. The Hall–Kier alpha value is -1.08. The zero-order valence-corrected chi connectivity index (χ0v) is 8.90. The van der Waals surface area contributed by atoms with Crippen molar-refractivity contribution in [1.29, 1.82) is 0 Å². The minimum atomic E-state index is 1.23. The van der Waals surface area contributed by atoms with E-state index in [0.717, 1.165) is 0 Å². The van der Waals surface area contributed by atoms with Crippen molar-refractivity contribution in [2.24, 2.45) is 0 Å². The van der Waals surface area contributed by atoms with Gasteiger partial charge in [0.05, 0.1) is 0 Å². The first-order valence-corrected chi connectivity index (χ1v) is 5.15. The largest absolute Gasteiger partial charge is 0.136 e. The summed E-state index contributed by atoms with van der Waals surface area (Å²) in [6.07, 6.45) is 10.2. The van der Waals surface area contributed by atoms with Gasteiger partial charge in [-0.05, 0) is 31.2 Å². The van der Waals surface area contributed by atoms with E-state index >= 15 is 0 Å². The molecule has 0 aliphatic carbocycles. The fraction of sp³-hybridized carbons (Fsp3) is 0.167. The van der Waals surface area contributed by atoms with Crippen molar-refractivity contribution in [3.8, 4) is 0 Å². The molecule has 0 amide bonds. The third-order valence-electron chi connectivity index (χ3n) is 1.76. The van der Waals surface area contributed by atoms with Crippen molar-refractivity contribution in [3.05, 3.63) is 39.4 Å². The summed E-state index contributed by atoms with van der Waals surface area (Å²) in [6, 6.07) is 2.16. The molecule has 0 radical (unpaired) electrons. The van der Waals surface area contributed by atoms with Gasteiger partial charge < -0.3 is 0 Å². The van der Waals surface area contributed by atoms with E-state index in [0.29, 0.717) is 0 Å². The van der Waals surface area contributed by atoms with Crippen molar-refractivity contribution >= 4 is 29.6 Å². The third-order valence-corrected chi connectivity index (χ3v) is 2.87. The maximum atomic E-state index is 3.76. The lowest BCUT2D eigenvalue weighted by Gasteiger charge is -1.74. The van der Waals surface area contributed by atoms with Crippen molar-refractivity contribution in [2.45, 2.75) is 13.8 Å². The Kier molecular flexibility index (Phi) is 3.71. The lowest BCUT2D eigenvalue weighted by molar-refractivity contribution is 1.66. The summed E-state index contributed by atoms with van der Waals surface area (Å²) in [5, 5.41) is 1.29. The summed E-state index contributed by atoms with van der Waals surface area (Å²) in [6.45, 7) is 7.84. The van der Waals surface area contributed by atoms with Crippen LogP contribution in [0.5, 0.6) is 0 Å². The van der Waals surface area contributed by atoms with Gasteiger partial charge in [0.25, 0.3) is 0 Å². The first kappa shape index (κ1) is 10.0. The Bertz CT molecular complexity index is 418. The molecule has 0 fully saturated rings. The SMILES string of the molecule is C=Cc1cc(=C/C)/c(=C\C=C/C)s1. The molecule has 0 spiro atoms. The average molecular weight is 190 g/mol. The highest BCUT2D eigenvalue weighted by Gasteiger charge is 1.90. The van der Waals surface area contributed by atoms with Crippen LogP contribution in [0.15, 0.2) is 24.8 Å². The van der Waals surface area contributed by atoms with Crippen molar-refractivity contribution < 1.29 is 0 Å². The Morgan fingerprint density at radius 3 is 2.69 bits per heavy atom. The van der Waals surface area contributed by atoms with Gasteiger partial charge >= 0.3 is 0 Å². The quantitative estimate of drug-likeness (QED) is 0.672. The molecule has 0 bridgehead atoms. The van der Waals surface area contributed by atoms with E-state index in [4.69, 9.17) is 0 Å². The number of hydrogen-bond donors (Lipinski definition) is 0. The van der Waals surface area contributed by atoms with E-state index < -0.39 is 0 Å². The lowest BCUT2D eigenvalue weighted by atomic mass is 10.3. The third kappa shape index (κ3) is 2.43. The summed E-state index contributed by atoms with van der Waals surface area (Å²) < 4.78 is 1.30. The first-order chi connectivity index (χ1) is 6.31. The van der Waals surface area contributed by atoms with E-state index in [-0.39, 0.29) is 0 Å². The summed E-state index contributed by atoms with van der Waals surface area (Å²) in [5.41, 5.74) is 0. The monoisotopic (exact) mass is 190 g/mol. The fourth-order valence-electron chi connectivity index (χ4n) is 1.08. The van der Waals surface area contributed by atoms with E-state index in [1.807, 2.05) is 19.1 Å². The molecule has 1 aromatic heterocycles. The van der Waals surface area contributed by atoms with Gasteiger partial charge in [0.2, 0.25) is 0 Å². The lowest BCUT2D eigenvalue weighted by Crippen LogP contribution is -2.15. The highest BCUT2D eigenvalue weighted by Crippen LogP contribution is 2.00. The summed E-state index contributed by atoms with van der Waals surface area (Å²) in [7, 11) is 0. The van der Waals surface area contributed by atoms with Gasteiger partial charge in [-0.1, -0.05) is 30.9 Å². The second kappa shape index (κ2) is 4.83. The molecule has 0 saturated carbocycles. The summed E-state index contributed by atoms with van der Waals surface area (Å²) in [5.74, 6) is 0. The second-order valence-corrected chi connectivity index (χ2v) is 3.77. The van der Waals surface area contributed by atoms with Gasteiger partial charge in [0.1, 0.15) is 0 Å². The zero-order chi connectivity index (χ0) is 9.68. The smallest absolute Gasteiger partial charge is 0.0345 e. The maximum Gasteiger partial charge on any atom is 0.0345 e. The molecule has 0 aliphatic heterocycles. The second-order valence-electron chi connectivity index (χ2n) is 2.65. The zero-order valence-electron chi connectivity index (χ0n) is 8.08. The number of hydrogen-bond acceptors (Lipinski definition) is 1. The number of rotatable bonds is 2. The minimum Gasteiger partial charge on any atom is -0.136 e. The van der Waals surface area contributed by atoms with Crippen LogP contribution in [0.3, 0.4) is 0 Å². The number of allylic oxidation sites excluding steroid dienone is 2. The minimum absolute atomic E-state index is 1.23. The summed E-state index contributed by atoms with van der Waals surface area (Å²) in [4.78, 5) is 1.23. The van der Waals surface area contributed by atoms with E-state index in [2.05, 4.69) is 37.8 Å². The van der Waals surface area contributed by atoms with Crippen LogP contribution in [-0.4, -0.2) is 0 Å². The molecule has 0 unspecified atom stereocenters. The predicted molar refractivity (Wildman–Crippen MR) is 63.1 cm³/mol. The first-order valence-electron chi connectivity index (χ1n) is 4.33. The molecule has 1 aromatic rings. The molecule has 1 heterocycles. The van der Waals surface area contributed by atoms with Crippen molar-refractivity contribution in [1.82, 2.24) is 0 Å². The van der Waals surface area contributed by atoms with E-state index in [1.54, 1.807) is 11.3 Å². The highest BCUT2D eigenvalue weighted by molar-refractivity contribution is 7.10. The van der Waals surface area contributed by atoms with Crippen LogP contribution in [0.2, 0.25) is 0 Å². The topological polar surface area (TPSA) is 0 Å². The van der Waals surface area contributed by atoms with Gasteiger partial charge in [-0.25, -0.2) is 0 Å². The molecule has 0 aliphatic rings. The van der Waals surface area contributed by atoms with Crippen molar-refractivity contribution in [2.75, 3.05) is 0 Å². The van der Waals surface area contributed by atoms with Gasteiger partial charge in [0.15, 0.2) is 0 Å². The molecule has 0 nitrogen and oxygen atoms in total. The van der Waals surface area contributed by atoms with Gasteiger partial charge in [0, 0.05) is 9.41 Å². The van der Waals surface area contributed by atoms with E-state index in [9.17, 15) is 0 Å². The Labute approximate surface area is 83.2 Å². The Balaban J connectivity index is 3.36. The molecular formula is C12H14S. The normalized spacial score (nSPS) is 14.3. The number of thiophene rings is 1. The summed E-state index contributed by atoms with van der Waals surface area (Å²) >= 11 is 1.77. The maximum absolute atomic E-state index is 3.76. The van der Waals surface area contributed by atoms with Gasteiger partial charge in [-0.2, -0.15) is 0 Å². The van der Waals surface area contributed by atoms with Crippen molar-refractivity contribution in [3.63, 3.8) is 0 Å². The van der Waals surface area contributed by atoms with Crippen LogP contribution < -0.4 is 9.75 Å². The molecule has 0 saturated heterocycles.